The molecule has 2 rings (SSSR count). The molecular weight excluding hydrogens is 217 g/mol. The molecule has 0 fully saturated rings. The van der Waals surface area contributed by atoms with Crippen molar-refractivity contribution in [2.45, 2.75) is 18.9 Å². The van der Waals surface area contributed by atoms with Gasteiger partial charge in [0.25, 0.3) is 0 Å². The molecule has 0 aliphatic carbocycles. The molecule has 1 N–H and O–H groups in total. The first-order valence-corrected chi connectivity index (χ1v) is 5.58. The maximum absolute atomic E-state index is 12.9. The molecule has 0 spiro atoms. The minimum absolute atomic E-state index is 0.336. The molecule has 1 unspecified atom stereocenters. The zero-order valence-corrected chi connectivity index (χ0v) is 9.38. The van der Waals surface area contributed by atoms with E-state index in [0.29, 0.717) is 12.8 Å². The van der Waals surface area contributed by atoms with Crippen molar-refractivity contribution in [2.24, 2.45) is 0 Å². The zero-order valence-electron chi connectivity index (χ0n) is 9.38. The third kappa shape index (κ3) is 3.36. The number of rotatable bonds is 4. The van der Waals surface area contributed by atoms with Gasteiger partial charge in [-0.25, -0.2) is 4.39 Å². The Morgan fingerprint density at radius 1 is 1.18 bits per heavy atom. The van der Waals surface area contributed by atoms with Gasteiger partial charge in [-0.05, 0) is 30.0 Å². The lowest BCUT2D eigenvalue weighted by molar-refractivity contribution is 0.168. The van der Waals surface area contributed by atoms with Crippen LogP contribution in [0.3, 0.4) is 0 Å². The highest BCUT2D eigenvalue weighted by Crippen LogP contribution is 2.18. The lowest BCUT2D eigenvalue weighted by Crippen LogP contribution is -2.00. The van der Waals surface area contributed by atoms with Gasteiger partial charge in [-0.2, -0.15) is 0 Å². The monoisotopic (exact) mass is 231 g/mol. The van der Waals surface area contributed by atoms with Crippen LogP contribution in [0.15, 0.2) is 48.8 Å². The van der Waals surface area contributed by atoms with E-state index in [4.69, 9.17) is 0 Å². The predicted molar refractivity (Wildman–Crippen MR) is 63.9 cm³/mol. The molecule has 0 aliphatic rings. The van der Waals surface area contributed by atoms with E-state index >= 15 is 0 Å². The van der Waals surface area contributed by atoms with Crippen molar-refractivity contribution in [1.29, 1.82) is 0 Å². The van der Waals surface area contributed by atoms with Crippen LogP contribution in [0.2, 0.25) is 0 Å². The standard InChI is InChI=1S/C14H14FNO/c15-13-8-11(9-16-10-13)6-7-14(17)12-4-2-1-3-5-12/h1-5,8-10,14,17H,6-7H2. The fourth-order valence-corrected chi connectivity index (χ4v) is 1.74. The molecule has 1 aromatic heterocycles. The van der Waals surface area contributed by atoms with E-state index in [1.165, 1.54) is 12.3 Å². The van der Waals surface area contributed by atoms with Crippen LogP contribution in [0.4, 0.5) is 4.39 Å². The molecule has 17 heavy (non-hydrogen) atoms. The van der Waals surface area contributed by atoms with Gasteiger partial charge in [0.05, 0.1) is 12.3 Å². The van der Waals surface area contributed by atoms with Gasteiger partial charge in [0.15, 0.2) is 0 Å². The summed E-state index contributed by atoms with van der Waals surface area (Å²) in [7, 11) is 0. The molecule has 2 nitrogen and oxygen atoms in total. The van der Waals surface area contributed by atoms with Crippen molar-refractivity contribution >= 4 is 0 Å². The highest BCUT2D eigenvalue weighted by molar-refractivity contribution is 5.18. The summed E-state index contributed by atoms with van der Waals surface area (Å²) < 4.78 is 12.9. The Balaban J connectivity index is 1.95. The van der Waals surface area contributed by atoms with Crippen molar-refractivity contribution in [3.05, 3.63) is 65.7 Å². The summed E-state index contributed by atoms with van der Waals surface area (Å²) in [6, 6.07) is 10.9. The molecule has 0 amide bonds. The highest BCUT2D eigenvalue weighted by atomic mass is 19.1. The van der Waals surface area contributed by atoms with Crippen molar-refractivity contribution in [1.82, 2.24) is 4.98 Å². The van der Waals surface area contributed by atoms with Crippen LogP contribution in [-0.4, -0.2) is 10.1 Å². The fraction of sp³-hybridized carbons (Fsp3) is 0.214. The fourth-order valence-electron chi connectivity index (χ4n) is 1.74. The minimum Gasteiger partial charge on any atom is -0.388 e. The second-order valence-corrected chi connectivity index (χ2v) is 3.98. The van der Waals surface area contributed by atoms with Crippen LogP contribution in [0.1, 0.15) is 23.7 Å². The molecule has 0 radical (unpaired) electrons. The molecule has 1 heterocycles. The van der Waals surface area contributed by atoms with Gasteiger partial charge in [0, 0.05) is 6.20 Å². The average molecular weight is 231 g/mol. The third-order valence-electron chi connectivity index (χ3n) is 2.65. The van der Waals surface area contributed by atoms with Gasteiger partial charge < -0.3 is 5.11 Å². The van der Waals surface area contributed by atoms with Crippen molar-refractivity contribution in [3.8, 4) is 0 Å². The quantitative estimate of drug-likeness (QED) is 0.877. The second kappa shape index (κ2) is 5.55. The summed E-state index contributed by atoms with van der Waals surface area (Å²) >= 11 is 0. The molecule has 3 heteroatoms. The third-order valence-corrected chi connectivity index (χ3v) is 2.65. The molecule has 2 aromatic rings. The number of benzene rings is 1. The average Bonchev–Trinajstić information content (AvgIpc) is 2.37. The molecule has 0 saturated heterocycles. The number of pyridine rings is 1. The van der Waals surface area contributed by atoms with E-state index in [-0.39, 0.29) is 5.82 Å². The Morgan fingerprint density at radius 2 is 1.94 bits per heavy atom. The number of nitrogens with zero attached hydrogens (tertiary/aromatic N) is 1. The lowest BCUT2D eigenvalue weighted by atomic mass is 10.0. The van der Waals surface area contributed by atoms with Gasteiger partial charge >= 0.3 is 0 Å². The van der Waals surface area contributed by atoms with E-state index in [0.717, 1.165) is 11.1 Å². The number of aliphatic hydroxyl groups excluding tert-OH is 1. The normalized spacial score (nSPS) is 12.4. The molecule has 0 aliphatic heterocycles. The summed E-state index contributed by atoms with van der Waals surface area (Å²) in [5.74, 6) is -0.336. The Hall–Kier alpha value is -1.74. The molecular formula is C14H14FNO. The van der Waals surface area contributed by atoms with E-state index < -0.39 is 6.10 Å². The molecule has 0 saturated carbocycles. The van der Waals surface area contributed by atoms with E-state index in [2.05, 4.69) is 4.98 Å². The van der Waals surface area contributed by atoms with Gasteiger partial charge in [-0.3, -0.25) is 4.98 Å². The Labute approximate surface area is 99.8 Å². The van der Waals surface area contributed by atoms with Crippen molar-refractivity contribution < 1.29 is 9.50 Å². The van der Waals surface area contributed by atoms with Gasteiger partial charge in [-0.1, -0.05) is 30.3 Å². The Morgan fingerprint density at radius 3 is 2.65 bits per heavy atom. The Kier molecular flexibility index (Phi) is 3.83. The Bertz CT molecular complexity index is 473. The minimum atomic E-state index is -0.514. The van der Waals surface area contributed by atoms with Crippen LogP contribution >= 0.6 is 0 Å². The molecule has 1 atom stereocenters. The number of halogens is 1. The first-order valence-electron chi connectivity index (χ1n) is 5.58. The summed E-state index contributed by atoms with van der Waals surface area (Å²) in [6.45, 7) is 0. The zero-order chi connectivity index (χ0) is 12.1. The van der Waals surface area contributed by atoms with E-state index in [9.17, 15) is 9.50 Å². The van der Waals surface area contributed by atoms with Gasteiger partial charge in [0.2, 0.25) is 0 Å². The van der Waals surface area contributed by atoms with E-state index in [1.807, 2.05) is 30.3 Å². The lowest BCUT2D eigenvalue weighted by Gasteiger charge is -2.10. The van der Waals surface area contributed by atoms with Crippen LogP contribution in [-0.2, 0) is 6.42 Å². The van der Waals surface area contributed by atoms with Crippen LogP contribution < -0.4 is 0 Å². The van der Waals surface area contributed by atoms with Crippen molar-refractivity contribution in [2.75, 3.05) is 0 Å². The molecule has 1 aromatic carbocycles. The molecule has 88 valence electrons. The SMILES string of the molecule is OC(CCc1cncc(F)c1)c1ccccc1. The maximum atomic E-state index is 12.9. The summed E-state index contributed by atoms with van der Waals surface area (Å²) in [6.07, 6.45) is 3.47. The smallest absolute Gasteiger partial charge is 0.141 e. The summed E-state index contributed by atoms with van der Waals surface area (Å²) in [4.78, 5) is 3.78. The topological polar surface area (TPSA) is 33.1 Å². The first kappa shape index (κ1) is 11.7. The highest BCUT2D eigenvalue weighted by Gasteiger charge is 2.07. The molecule has 0 bridgehead atoms. The number of hydrogen-bond donors (Lipinski definition) is 1. The number of aliphatic hydroxyl groups is 1. The van der Waals surface area contributed by atoms with Crippen LogP contribution in [0.5, 0.6) is 0 Å². The second-order valence-electron chi connectivity index (χ2n) is 3.98. The largest absolute Gasteiger partial charge is 0.388 e. The van der Waals surface area contributed by atoms with Crippen LogP contribution in [0, 0.1) is 5.82 Å². The summed E-state index contributed by atoms with van der Waals surface area (Å²) in [5.41, 5.74) is 1.69. The number of hydrogen-bond acceptors (Lipinski definition) is 2. The van der Waals surface area contributed by atoms with Gasteiger partial charge in [0.1, 0.15) is 5.82 Å². The van der Waals surface area contributed by atoms with Crippen molar-refractivity contribution in [3.63, 3.8) is 0 Å². The number of aromatic nitrogens is 1. The summed E-state index contributed by atoms with van der Waals surface area (Å²) in [5, 5.41) is 9.94. The van der Waals surface area contributed by atoms with E-state index in [1.54, 1.807) is 6.20 Å². The van der Waals surface area contributed by atoms with Gasteiger partial charge in [-0.15, -0.1) is 0 Å². The first-order chi connectivity index (χ1) is 8.25. The maximum Gasteiger partial charge on any atom is 0.141 e. The predicted octanol–water partition coefficient (Wildman–Crippen LogP) is 2.89. The number of aryl methyl sites for hydroxylation is 1. The van der Waals surface area contributed by atoms with Crippen LogP contribution in [0.25, 0.3) is 0 Å².